The number of nitrogens with one attached hydrogen (secondary N) is 1. The minimum absolute atomic E-state index is 0.0230. The molecular formula is C27H35N3O3. The largest absolute Gasteiger partial charge is 0.497 e. The van der Waals surface area contributed by atoms with E-state index in [9.17, 15) is 9.59 Å². The van der Waals surface area contributed by atoms with Crippen LogP contribution in [-0.4, -0.2) is 60.9 Å². The maximum atomic E-state index is 13.3. The number of methoxy groups -OCH3 is 1. The van der Waals surface area contributed by atoms with Crippen LogP contribution < -0.4 is 10.1 Å². The Hall–Kier alpha value is -2.86. The highest BCUT2D eigenvalue weighted by Crippen LogP contribution is 2.31. The molecule has 6 heteroatoms. The Morgan fingerprint density at radius 1 is 1.03 bits per heavy atom. The highest BCUT2D eigenvalue weighted by Gasteiger charge is 2.37. The zero-order chi connectivity index (χ0) is 23.2. The summed E-state index contributed by atoms with van der Waals surface area (Å²) in [7, 11) is 1.61. The lowest BCUT2D eigenvalue weighted by Crippen LogP contribution is -2.57. The van der Waals surface area contributed by atoms with Crippen LogP contribution in [0.15, 0.2) is 48.5 Å². The molecule has 2 fully saturated rings. The van der Waals surface area contributed by atoms with Gasteiger partial charge in [0, 0.05) is 38.3 Å². The first kappa shape index (κ1) is 23.3. The lowest BCUT2D eigenvalue weighted by molar-refractivity contribution is -0.129. The summed E-state index contributed by atoms with van der Waals surface area (Å²) >= 11 is 0. The van der Waals surface area contributed by atoms with Crippen LogP contribution in [0.5, 0.6) is 5.75 Å². The highest BCUT2D eigenvalue weighted by atomic mass is 16.5. The second kappa shape index (κ2) is 10.8. The van der Waals surface area contributed by atoms with E-state index in [1.54, 1.807) is 13.2 Å². The Kier molecular flexibility index (Phi) is 7.65. The van der Waals surface area contributed by atoms with Crippen molar-refractivity contribution >= 4 is 11.8 Å². The second-order valence-corrected chi connectivity index (χ2v) is 9.26. The Balaban J connectivity index is 1.39. The third kappa shape index (κ3) is 5.74. The molecule has 2 aromatic carbocycles. The van der Waals surface area contributed by atoms with E-state index in [1.807, 2.05) is 29.2 Å². The third-order valence-corrected chi connectivity index (χ3v) is 6.98. The minimum Gasteiger partial charge on any atom is -0.497 e. The molecule has 0 bridgehead atoms. The molecule has 1 aliphatic heterocycles. The summed E-state index contributed by atoms with van der Waals surface area (Å²) in [6.45, 7) is 5.31. The molecule has 0 aromatic heterocycles. The normalized spacial score (nSPS) is 18.2. The number of aryl methyl sites for hydroxylation is 1. The minimum atomic E-state index is -0.119. The van der Waals surface area contributed by atoms with Gasteiger partial charge in [-0.2, -0.15) is 0 Å². The summed E-state index contributed by atoms with van der Waals surface area (Å²) in [5.41, 5.74) is 2.97. The van der Waals surface area contributed by atoms with Crippen LogP contribution in [0.3, 0.4) is 0 Å². The van der Waals surface area contributed by atoms with Crippen molar-refractivity contribution in [3.05, 3.63) is 65.2 Å². The Bertz CT molecular complexity index is 963. The first-order valence-electron chi connectivity index (χ1n) is 12.1. The number of hydrogen-bond acceptors (Lipinski definition) is 4. The molecule has 0 radical (unpaired) electrons. The summed E-state index contributed by atoms with van der Waals surface area (Å²) in [5, 5.41) is 3.20. The molecule has 33 heavy (non-hydrogen) atoms. The molecule has 1 heterocycles. The van der Waals surface area contributed by atoms with Gasteiger partial charge < -0.3 is 15.0 Å². The van der Waals surface area contributed by atoms with Crippen molar-refractivity contribution in [2.45, 2.75) is 45.2 Å². The van der Waals surface area contributed by atoms with E-state index in [2.05, 4.69) is 35.3 Å². The number of benzene rings is 2. The molecule has 1 unspecified atom stereocenters. The third-order valence-electron chi connectivity index (χ3n) is 6.98. The Morgan fingerprint density at radius 2 is 1.76 bits per heavy atom. The Morgan fingerprint density at radius 3 is 2.45 bits per heavy atom. The average molecular weight is 450 g/mol. The van der Waals surface area contributed by atoms with E-state index in [1.165, 1.54) is 18.4 Å². The summed E-state index contributed by atoms with van der Waals surface area (Å²) < 4.78 is 5.26. The van der Waals surface area contributed by atoms with Gasteiger partial charge in [0.05, 0.1) is 13.2 Å². The average Bonchev–Trinajstić information content (AvgIpc) is 3.37. The van der Waals surface area contributed by atoms with Crippen LogP contribution in [0, 0.1) is 12.8 Å². The van der Waals surface area contributed by atoms with E-state index in [4.69, 9.17) is 4.74 Å². The summed E-state index contributed by atoms with van der Waals surface area (Å²) in [5.74, 6) is 1.22. The van der Waals surface area contributed by atoms with Crippen molar-refractivity contribution in [3.63, 3.8) is 0 Å². The van der Waals surface area contributed by atoms with Gasteiger partial charge in [0.15, 0.2) is 0 Å². The maximum Gasteiger partial charge on any atom is 0.254 e. The van der Waals surface area contributed by atoms with Crippen LogP contribution >= 0.6 is 0 Å². The zero-order valence-electron chi connectivity index (χ0n) is 19.8. The lowest BCUT2D eigenvalue weighted by Gasteiger charge is -2.40. The van der Waals surface area contributed by atoms with Gasteiger partial charge in [0.2, 0.25) is 5.91 Å². The predicted molar refractivity (Wildman–Crippen MR) is 129 cm³/mol. The first-order chi connectivity index (χ1) is 16.0. The summed E-state index contributed by atoms with van der Waals surface area (Å²) in [6, 6.07) is 15.5. The standard InChI is InChI=1S/C27H35N3O3/c1-20-7-5-8-21(17-20)19-28-26(31)25(22-9-3-4-10-22)29-13-15-30(16-14-29)27(32)23-11-6-12-24(18-23)33-2/h5-8,11-12,17-18,22,25H,3-4,9-10,13-16,19H2,1-2H3,(H,28,31). The van der Waals surface area contributed by atoms with Crippen LogP contribution in [0.25, 0.3) is 0 Å². The van der Waals surface area contributed by atoms with Crippen LogP contribution in [0.4, 0.5) is 0 Å². The number of nitrogens with zero attached hydrogens (tertiary/aromatic N) is 2. The number of rotatable bonds is 7. The summed E-state index contributed by atoms with van der Waals surface area (Å²) in [6.07, 6.45) is 4.60. The fourth-order valence-electron chi connectivity index (χ4n) is 5.21. The molecule has 176 valence electrons. The zero-order valence-corrected chi connectivity index (χ0v) is 19.8. The molecular weight excluding hydrogens is 414 g/mol. The molecule has 2 amide bonds. The van der Waals surface area contributed by atoms with Gasteiger partial charge in [-0.3, -0.25) is 14.5 Å². The van der Waals surface area contributed by atoms with Crippen molar-refractivity contribution < 1.29 is 14.3 Å². The molecule has 1 atom stereocenters. The second-order valence-electron chi connectivity index (χ2n) is 9.26. The van der Waals surface area contributed by atoms with Gasteiger partial charge in [-0.15, -0.1) is 0 Å². The smallest absolute Gasteiger partial charge is 0.254 e. The molecule has 1 saturated heterocycles. The van der Waals surface area contributed by atoms with Gasteiger partial charge in [0.25, 0.3) is 5.91 Å². The van der Waals surface area contributed by atoms with Crippen molar-refractivity contribution in [1.82, 2.24) is 15.1 Å². The SMILES string of the molecule is COc1cccc(C(=O)N2CCN(C(C(=O)NCc3cccc(C)c3)C3CCCC3)CC2)c1. The fourth-order valence-corrected chi connectivity index (χ4v) is 5.21. The quantitative estimate of drug-likeness (QED) is 0.701. The molecule has 1 aliphatic carbocycles. The first-order valence-corrected chi connectivity index (χ1v) is 12.1. The topological polar surface area (TPSA) is 61.9 Å². The van der Waals surface area contributed by atoms with Crippen molar-refractivity contribution in [1.29, 1.82) is 0 Å². The molecule has 6 nitrogen and oxygen atoms in total. The highest BCUT2D eigenvalue weighted by molar-refractivity contribution is 5.94. The van der Waals surface area contributed by atoms with Gasteiger partial charge in [-0.25, -0.2) is 0 Å². The van der Waals surface area contributed by atoms with E-state index < -0.39 is 0 Å². The molecule has 0 spiro atoms. The molecule has 2 aliphatic rings. The van der Waals surface area contributed by atoms with E-state index in [0.29, 0.717) is 36.9 Å². The molecule has 4 rings (SSSR count). The number of carbonyl (C=O) groups is 2. The predicted octanol–water partition coefficient (Wildman–Crippen LogP) is 3.64. The van der Waals surface area contributed by atoms with E-state index in [-0.39, 0.29) is 17.9 Å². The van der Waals surface area contributed by atoms with Gasteiger partial charge in [-0.1, -0.05) is 48.7 Å². The maximum absolute atomic E-state index is 13.3. The number of piperazine rings is 1. The summed E-state index contributed by atoms with van der Waals surface area (Å²) in [4.78, 5) is 30.5. The molecule has 1 N–H and O–H groups in total. The lowest BCUT2D eigenvalue weighted by atomic mass is 9.94. The molecule has 2 aromatic rings. The fraction of sp³-hybridized carbons (Fsp3) is 0.481. The van der Waals surface area contributed by atoms with E-state index >= 15 is 0 Å². The Labute approximate surface area is 196 Å². The van der Waals surface area contributed by atoms with Gasteiger partial charge in [0.1, 0.15) is 5.75 Å². The van der Waals surface area contributed by atoms with Crippen molar-refractivity contribution in [2.75, 3.05) is 33.3 Å². The van der Waals surface area contributed by atoms with Gasteiger partial charge in [-0.05, 0) is 49.4 Å². The molecule has 1 saturated carbocycles. The van der Waals surface area contributed by atoms with E-state index in [0.717, 1.165) is 31.5 Å². The number of ether oxygens (including phenoxy) is 1. The van der Waals surface area contributed by atoms with Crippen molar-refractivity contribution in [2.24, 2.45) is 5.92 Å². The number of carbonyl (C=O) groups excluding carboxylic acids is 2. The number of amides is 2. The monoisotopic (exact) mass is 449 g/mol. The van der Waals surface area contributed by atoms with Gasteiger partial charge >= 0.3 is 0 Å². The van der Waals surface area contributed by atoms with Crippen molar-refractivity contribution in [3.8, 4) is 5.75 Å². The van der Waals surface area contributed by atoms with Crippen LogP contribution in [0.1, 0.15) is 47.2 Å². The number of hydrogen-bond donors (Lipinski definition) is 1. The van der Waals surface area contributed by atoms with Crippen LogP contribution in [0.2, 0.25) is 0 Å². The van der Waals surface area contributed by atoms with Crippen LogP contribution in [-0.2, 0) is 11.3 Å².